The number of anilines is 1. The van der Waals surface area contributed by atoms with Crippen molar-refractivity contribution in [3.63, 3.8) is 0 Å². The summed E-state index contributed by atoms with van der Waals surface area (Å²) in [5, 5.41) is 13.4. The molecule has 1 N–H and O–H groups in total. The van der Waals surface area contributed by atoms with Crippen molar-refractivity contribution in [1.82, 2.24) is 0 Å². The Balaban J connectivity index is 2.26. The molecular formula is C14H11IN2O4. The van der Waals surface area contributed by atoms with E-state index in [1.54, 1.807) is 12.1 Å². The third-order valence-electron chi connectivity index (χ3n) is 2.74. The lowest BCUT2D eigenvalue weighted by Gasteiger charge is -2.09. The summed E-state index contributed by atoms with van der Waals surface area (Å²) in [7, 11) is 1.36. The normalized spacial score (nSPS) is 10.0. The Morgan fingerprint density at radius 3 is 2.48 bits per heavy atom. The topological polar surface area (TPSA) is 81.5 Å². The summed E-state index contributed by atoms with van der Waals surface area (Å²) >= 11 is 2.17. The molecule has 0 aliphatic heterocycles. The zero-order valence-corrected chi connectivity index (χ0v) is 13.2. The van der Waals surface area contributed by atoms with E-state index in [9.17, 15) is 14.9 Å². The van der Waals surface area contributed by atoms with E-state index in [2.05, 4.69) is 27.9 Å². The molecule has 0 fully saturated rings. The zero-order chi connectivity index (χ0) is 15.4. The van der Waals surface area contributed by atoms with Crippen LogP contribution in [0, 0.1) is 13.7 Å². The molecule has 1 amide bonds. The van der Waals surface area contributed by atoms with Gasteiger partial charge in [0.2, 0.25) is 0 Å². The number of nitro groups is 1. The summed E-state index contributed by atoms with van der Waals surface area (Å²) in [5.41, 5.74) is 0.750. The van der Waals surface area contributed by atoms with E-state index in [0.29, 0.717) is 5.69 Å². The van der Waals surface area contributed by atoms with E-state index in [1.165, 1.54) is 25.3 Å². The van der Waals surface area contributed by atoms with Crippen molar-refractivity contribution in [2.24, 2.45) is 0 Å². The summed E-state index contributed by atoms with van der Waals surface area (Å²) < 4.78 is 6.10. The Morgan fingerprint density at radius 2 is 1.90 bits per heavy atom. The number of benzene rings is 2. The lowest BCUT2D eigenvalue weighted by atomic mass is 10.1. The van der Waals surface area contributed by atoms with Crippen LogP contribution in [0.15, 0.2) is 42.5 Å². The van der Waals surface area contributed by atoms with Gasteiger partial charge >= 0.3 is 0 Å². The maximum atomic E-state index is 12.2. The Morgan fingerprint density at radius 1 is 1.24 bits per heavy atom. The summed E-state index contributed by atoms with van der Waals surface area (Å²) in [4.78, 5) is 22.4. The van der Waals surface area contributed by atoms with Crippen LogP contribution in [-0.4, -0.2) is 17.9 Å². The number of halogens is 1. The lowest BCUT2D eigenvalue weighted by molar-refractivity contribution is -0.384. The Kier molecular flexibility index (Phi) is 4.73. The number of amides is 1. The standard InChI is InChI=1S/C14H11IN2O4/c1-21-13-8-11(17(19)20)6-7-12(13)14(18)16-10-4-2-9(15)3-5-10/h2-8H,1H3,(H,16,18). The average Bonchev–Trinajstić information content (AvgIpc) is 2.48. The van der Waals surface area contributed by atoms with Gasteiger partial charge in [-0.3, -0.25) is 14.9 Å². The molecule has 2 aromatic carbocycles. The highest BCUT2D eigenvalue weighted by Crippen LogP contribution is 2.25. The van der Waals surface area contributed by atoms with Crippen LogP contribution in [-0.2, 0) is 0 Å². The minimum absolute atomic E-state index is 0.127. The maximum Gasteiger partial charge on any atom is 0.273 e. The fourth-order valence-corrected chi connectivity index (χ4v) is 2.07. The van der Waals surface area contributed by atoms with Gasteiger partial charge in [0.15, 0.2) is 0 Å². The van der Waals surface area contributed by atoms with Crippen LogP contribution in [0.25, 0.3) is 0 Å². The molecule has 6 nitrogen and oxygen atoms in total. The second-order valence-electron chi connectivity index (χ2n) is 4.10. The molecule has 0 aliphatic carbocycles. The van der Waals surface area contributed by atoms with Gasteiger partial charge in [-0.25, -0.2) is 0 Å². The van der Waals surface area contributed by atoms with Crippen molar-refractivity contribution in [3.05, 3.63) is 61.7 Å². The number of nitrogens with one attached hydrogen (secondary N) is 1. The summed E-state index contributed by atoms with van der Waals surface area (Å²) in [6.45, 7) is 0. The molecule has 7 heteroatoms. The second kappa shape index (κ2) is 6.53. The summed E-state index contributed by atoms with van der Waals surface area (Å²) in [5.74, 6) is -0.227. The third-order valence-corrected chi connectivity index (χ3v) is 3.46. The van der Waals surface area contributed by atoms with Crippen LogP contribution in [0.2, 0.25) is 0 Å². The third kappa shape index (κ3) is 3.69. The van der Waals surface area contributed by atoms with Crippen molar-refractivity contribution in [3.8, 4) is 5.75 Å². The van der Waals surface area contributed by atoms with Crippen molar-refractivity contribution < 1.29 is 14.5 Å². The van der Waals surface area contributed by atoms with E-state index in [4.69, 9.17) is 4.74 Å². The van der Waals surface area contributed by atoms with Crippen LogP contribution >= 0.6 is 22.6 Å². The number of hydrogen-bond acceptors (Lipinski definition) is 4. The minimum Gasteiger partial charge on any atom is -0.496 e. The highest BCUT2D eigenvalue weighted by atomic mass is 127. The van der Waals surface area contributed by atoms with Gasteiger partial charge < -0.3 is 10.1 Å². The van der Waals surface area contributed by atoms with Crippen LogP contribution in [0.1, 0.15) is 10.4 Å². The Hall–Kier alpha value is -2.16. The van der Waals surface area contributed by atoms with Gasteiger partial charge in [-0.1, -0.05) is 0 Å². The quantitative estimate of drug-likeness (QED) is 0.486. The number of rotatable bonds is 4. The van der Waals surface area contributed by atoms with Crippen LogP contribution in [0.3, 0.4) is 0 Å². The minimum atomic E-state index is -0.538. The summed E-state index contributed by atoms with van der Waals surface area (Å²) in [6.07, 6.45) is 0. The predicted molar refractivity (Wildman–Crippen MR) is 86.8 cm³/mol. The monoisotopic (exact) mass is 398 g/mol. The molecule has 2 rings (SSSR count). The predicted octanol–water partition coefficient (Wildman–Crippen LogP) is 3.46. The van der Waals surface area contributed by atoms with Crippen molar-refractivity contribution in [2.75, 3.05) is 12.4 Å². The van der Waals surface area contributed by atoms with Crippen LogP contribution < -0.4 is 10.1 Å². The fraction of sp³-hybridized carbons (Fsp3) is 0.0714. The highest BCUT2D eigenvalue weighted by Gasteiger charge is 2.16. The van der Waals surface area contributed by atoms with Crippen molar-refractivity contribution in [1.29, 1.82) is 0 Å². The molecule has 0 heterocycles. The maximum absolute atomic E-state index is 12.2. The first-order valence-electron chi connectivity index (χ1n) is 5.90. The van der Waals surface area contributed by atoms with E-state index in [-0.39, 0.29) is 22.9 Å². The number of ether oxygens (including phenoxy) is 1. The molecule has 0 atom stereocenters. The largest absolute Gasteiger partial charge is 0.496 e. The molecule has 0 radical (unpaired) electrons. The molecule has 21 heavy (non-hydrogen) atoms. The summed E-state index contributed by atoms with van der Waals surface area (Å²) in [6, 6.07) is 11.1. The molecule has 0 aliphatic rings. The van der Waals surface area contributed by atoms with Gasteiger partial charge in [0, 0.05) is 15.3 Å². The van der Waals surface area contributed by atoms with E-state index in [1.807, 2.05) is 12.1 Å². The molecule has 0 saturated carbocycles. The van der Waals surface area contributed by atoms with E-state index in [0.717, 1.165) is 3.57 Å². The second-order valence-corrected chi connectivity index (χ2v) is 5.35. The number of carbonyl (C=O) groups is 1. The number of hydrogen-bond donors (Lipinski definition) is 1. The van der Waals surface area contributed by atoms with Crippen LogP contribution in [0.4, 0.5) is 11.4 Å². The van der Waals surface area contributed by atoms with Gasteiger partial charge in [0.1, 0.15) is 5.75 Å². The van der Waals surface area contributed by atoms with E-state index < -0.39 is 4.92 Å². The molecule has 108 valence electrons. The van der Waals surface area contributed by atoms with Gasteiger partial charge in [0.05, 0.1) is 23.7 Å². The number of nitrogens with zero attached hydrogens (tertiary/aromatic N) is 1. The van der Waals surface area contributed by atoms with Crippen LogP contribution in [0.5, 0.6) is 5.75 Å². The smallest absolute Gasteiger partial charge is 0.273 e. The first-order valence-corrected chi connectivity index (χ1v) is 6.98. The van der Waals surface area contributed by atoms with Gasteiger partial charge in [0.25, 0.3) is 11.6 Å². The molecule has 0 unspecified atom stereocenters. The number of nitro benzene ring substituents is 1. The first-order chi connectivity index (χ1) is 10.0. The highest BCUT2D eigenvalue weighted by molar-refractivity contribution is 14.1. The van der Waals surface area contributed by atoms with Crippen molar-refractivity contribution >= 4 is 39.9 Å². The zero-order valence-electron chi connectivity index (χ0n) is 11.0. The fourth-order valence-electron chi connectivity index (χ4n) is 1.71. The molecule has 0 saturated heterocycles. The Labute approximate surface area is 134 Å². The molecule has 2 aromatic rings. The lowest BCUT2D eigenvalue weighted by Crippen LogP contribution is -2.13. The molecule has 0 bridgehead atoms. The number of carbonyl (C=O) groups excluding carboxylic acids is 1. The molecule has 0 aromatic heterocycles. The molecular weight excluding hydrogens is 387 g/mol. The molecule has 0 spiro atoms. The first kappa shape index (κ1) is 15.2. The van der Waals surface area contributed by atoms with Gasteiger partial charge in [-0.15, -0.1) is 0 Å². The number of non-ortho nitro benzene ring substituents is 1. The SMILES string of the molecule is COc1cc([N+](=O)[O-])ccc1C(=O)Nc1ccc(I)cc1. The van der Waals surface area contributed by atoms with E-state index >= 15 is 0 Å². The van der Waals surface area contributed by atoms with Crippen molar-refractivity contribution in [2.45, 2.75) is 0 Å². The number of methoxy groups -OCH3 is 1. The average molecular weight is 398 g/mol. The Bertz CT molecular complexity index is 686. The van der Waals surface area contributed by atoms with Gasteiger partial charge in [-0.2, -0.15) is 0 Å². The van der Waals surface area contributed by atoms with Gasteiger partial charge in [-0.05, 0) is 52.9 Å².